The van der Waals surface area contributed by atoms with Crippen LogP contribution in [0.5, 0.6) is 0 Å². The van der Waals surface area contributed by atoms with E-state index in [1.807, 2.05) is 0 Å². The SMILES string of the molecule is C=CCN(C(=O)c1ccccc1)c1ncnc2c1ncn2C1O[C@@H]2CO[P@@](=O)(SCc3ccccc3[N+](=O)[O-])O[C@H]3[C@@H](F)[C@H](n4cnc5c(N(CC=C)C(=O)c6ccccc6)ncnc54)O[C@@H]3CO[P@@](=O)(SCc3ccccc3[N+](=O)[O-])O[C@H]2[C@H]1F. The lowest BCUT2D eigenvalue weighted by Gasteiger charge is -2.30. The molecule has 0 N–H and O–H groups in total. The summed E-state index contributed by atoms with van der Waals surface area (Å²) < 4.78 is 107. The van der Waals surface area contributed by atoms with Gasteiger partial charge in [0, 0.05) is 59.0 Å². The second kappa shape index (κ2) is 25.5. The third-order valence-corrected chi connectivity index (χ3v) is 21.1. The largest absolute Gasteiger partial charge is 0.390 e. The highest BCUT2D eigenvalue weighted by Gasteiger charge is 2.56. The number of alkyl halides is 2. The second-order valence-electron chi connectivity index (χ2n) is 19.1. The molecule has 3 saturated heterocycles. The van der Waals surface area contributed by atoms with Crippen LogP contribution < -0.4 is 9.80 Å². The molecule has 3 aliphatic rings. The number of carbonyl (C=O) groups is 2. The normalized spacial score (nSPS) is 24.9. The van der Waals surface area contributed by atoms with E-state index in [2.05, 4.69) is 43.1 Å². The average Bonchev–Trinajstić information content (AvgIpc) is 1.78. The van der Waals surface area contributed by atoms with Gasteiger partial charge >= 0.3 is 13.6 Å². The van der Waals surface area contributed by atoms with Crippen molar-refractivity contribution >= 4 is 93.5 Å². The number of imidazole rings is 2. The molecule has 0 aliphatic carbocycles. The predicted molar refractivity (Wildman–Crippen MR) is 311 cm³/mol. The smallest absolute Gasteiger partial charge is 0.346 e. The number of benzene rings is 4. The number of hydrogen-bond acceptors (Lipinski definition) is 22. The van der Waals surface area contributed by atoms with Gasteiger partial charge in [-0.05, 0) is 47.0 Å². The highest BCUT2D eigenvalue weighted by molar-refractivity contribution is 8.55. The zero-order valence-corrected chi connectivity index (χ0v) is 48.1. The molecule has 2 amide bonds. The number of nitro groups is 2. The maximum absolute atomic E-state index is 17.8. The number of hydrogen-bond donors (Lipinski definition) is 0. The third-order valence-electron chi connectivity index (χ3n) is 13.9. The first-order valence-electron chi connectivity index (χ1n) is 26.1. The predicted octanol–water partition coefficient (Wildman–Crippen LogP) is 10.5. The molecule has 444 valence electrons. The Bertz CT molecular complexity index is 3740. The first-order valence-corrected chi connectivity index (χ1v) is 32.3. The lowest BCUT2D eigenvalue weighted by Crippen LogP contribution is -2.37. The molecule has 0 spiro atoms. The Balaban J connectivity index is 0.968. The zero-order chi connectivity index (χ0) is 60.3. The van der Waals surface area contributed by atoms with Gasteiger partial charge in [0.2, 0.25) is 0 Å². The molecule has 11 rings (SSSR count). The number of carbonyl (C=O) groups excluding carboxylic acids is 2. The molecule has 0 radical (unpaired) electrons. The van der Waals surface area contributed by atoms with Crippen molar-refractivity contribution in [2.75, 3.05) is 36.1 Å². The zero-order valence-electron chi connectivity index (χ0n) is 44.7. The van der Waals surface area contributed by atoms with Crippen LogP contribution in [0.25, 0.3) is 22.3 Å². The monoisotopic (exact) mass is 1250 g/mol. The number of nitrogens with zero attached hydrogens (tertiary/aromatic N) is 12. The lowest BCUT2D eigenvalue weighted by molar-refractivity contribution is -0.385. The fourth-order valence-electron chi connectivity index (χ4n) is 9.81. The fourth-order valence-corrected chi connectivity index (χ4v) is 16.6. The summed E-state index contributed by atoms with van der Waals surface area (Å²) in [4.78, 5) is 79.8. The van der Waals surface area contributed by atoms with Gasteiger partial charge in [-0.15, -0.1) is 13.2 Å². The third kappa shape index (κ3) is 12.1. The minimum absolute atomic E-state index is 0.0193. The lowest BCUT2D eigenvalue weighted by atomic mass is 10.1. The number of amides is 2. The number of ether oxygens (including phenoxy) is 2. The van der Waals surface area contributed by atoms with E-state index in [-0.39, 0.29) is 69.6 Å². The number of fused-ring (bicyclic) bond motifs is 4. The van der Waals surface area contributed by atoms with E-state index in [1.54, 1.807) is 60.7 Å². The number of anilines is 2. The van der Waals surface area contributed by atoms with Crippen molar-refractivity contribution in [1.29, 1.82) is 0 Å². The summed E-state index contributed by atoms with van der Waals surface area (Å²) in [5, 5.41) is 24.4. The summed E-state index contributed by atoms with van der Waals surface area (Å²) in [5.41, 5.74) is -0.0274. The van der Waals surface area contributed by atoms with Crippen molar-refractivity contribution in [3.8, 4) is 0 Å². The quantitative estimate of drug-likeness (QED) is 0.0333. The van der Waals surface area contributed by atoms with Gasteiger partial charge in [-0.3, -0.25) is 66.8 Å². The van der Waals surface area contributed by atoms with Gasteiger partial charge in [-0.25, -0.2) is 47.8 Å². The molecular formula is C54H48F2N12O14P2S2. The Morgan fingerprint density at radius 2 is 0.988 bits per heavy atom. The summed E-state index contributed by atoms with van der Waals surface area (Å²) in [7, 11) is 0. The molecule has 3 aliphatic heterocycles. The van der Waals surface area contributed by atoms with Crippen molar-refractivity contribution in [3.63, 3.8) is 0 Å². The average molecular weight is 1250 g/mol. The molecule has 0 bridgehead atoms. The maximum atomic E-state index is 17.8. The van der Waals surface area contributed by atoms with Gasteiger partial charge in [0.1, 0.15) is 37.1 Å². The minimum Gasteiger partial charge on any atom is -0.346 e. The highest BCUT2D eigenvalue weighted by Crippen LogP contribution is 2.67. The van der Waals surface area contributed by atoms with Crippen LogP contribution in [0, 0.1) is 20.2 Å². The van der Waals surface area contributed by atoms with Crippen molar-refractivity contribution in [3.05, 3.63) is 202 Å². The van der Waals surface area contributed by atoms with E-state index >= 15 is 17.9 Å². The molecule has 0 saturated carbocycles. The molecule has 8 aromatic rings. The van der Waals surface area contributed by atoms with Crippen LogP contribution in [-0.4, -0.2) is 124 Å². The Kier molecular flexibility index (Phi) is 17.7. The van der Waals surface area contributed by atoms with Crippen LogP contribution in [0.3, 0.4) is 0 Å². The van der Waals surface area contributed by atoms with Crippen LogP contribution in [0.2, 0.25) is 0 Å². The van der Waals surface area contributed by atoms with Crippen molar-refractivity contribution in [1.82, 2.24) is 39.0 Å². The van der Waals surface area contributed by atoms with E-state index in [9.17, 15) is 29.8 Å². The van der Waals surface area contributed by atoms with Gasteiger partial charge in [0.15, 0.2) is 58.8 Å². The first-order chi connectivity index (χ1) is 41.6. The number of aromatic nitrogens is 8. The summed E-state index contributed by atoms with van der Waals surface area (Å²) in [6.45, 7) is -4.19. The summed E-state index contributed by atoms with van der Waals surface area (Å²) in [5.74, 6) is -1.76. The molecular weight excluding hydrogens is 1200 g/mol. The van der Waals surface area contributed by atoms with E-state index in [4.69, 9.17) is 27.6 Å². The number of para-hydroxylation sites is 2. The van der Waals surface area contributed by atoms with Crippen molar-refractivity contribution < 1.29 is 64.9 Å². The molecule has 32 heteroatoms. The Labute approximate surface area is 494 Å². The van der Waals surface area contributed by atoms with E-state index < -0.39 is 109 Å². The van der Waals surface area contributed by atoms with E-state index in [0.29, 0.717) is 33.9 Å². The highest BCUT2D eigenvalue weighted by atomic mass is 32.7. The number of rotatable bonds is 18. The van der Waals surface area contributed by atoms with Gasteiger partial charge in [-0.1, -0.05) is 84.9 Å². The van der Waals surface area contributed by atoms with Gasteiger partial charge in [-0.2, -0.15) is 0 Å². The molecule has 4 aromatic carbocycles. The standard InChI is InChI=1S/C54H48F2N12O14P2S2/c1-3-23-63(51(69)33-15-7-5-8-16-33)47-43-49(59-29-57-47)65(31-61-43)53-41(55)45-39(79-53)25-77-84(76,86-28-36-20-12-14-22-38(36)68(73)74)82-46-40(26-78-83(75,81-45)85-27-35-19-11-13-21-37(35)67(71)72)80-54(42(46)56)66-32-62-44-48(58-30-60-50(44)66)64(24-4-2)52(70)34-17-9-6-10-18-34/h3-22,29-32,39-42,45-46,53-54H,1-2,23-28H2/t39-,40-,41-,42-,45-,46-,53-,54?,83-,84-/m1/s1. The molecule has 4 aromatic heterocycles. The van der Waals surface area contributed by atoms with Crippen LogP contribution >= 0.6 is 36.4 Å². The maximum Gasteiger partial charge on any atom is 0.390 e. The van der Waals surface area contributed by atoms with Gasteiger partial charge in [0.25, 0.3) is 23.2 Å². The van der Waals surface area contributed by atoms with Crippen molar-refractivity contribution in [2.45, 2.75) is 60.7 Å². The number of halogens is 2. The van der Waals surface area contributed by atoms with E-state index in [1.165, 1.54) is 79.6 Å². The molecule has 3 fully saturated rings. The summed E-state index contributed by atoms with van der Waals surface area (Å²) in [6, 6.07) is 27.7. The van der Waals surface area contributed by atoms with Crippen LogP contribution in [-0.2, 0) is 48.2 Å². The minimum atomic E-state index is -4.92. The van der Waals surface area contributed by atoms with Gasteiger partial charge < -0.3 is 9.47 Å². The van der Waals surface area contributed by atoms with E-state index in [0.717, 1.165) is 25.3 Å². The Hall–Kier alpha value is -8.02. The Morgan fingerprint density at radius 3 is 1.37 bits per heavy atom. The molecule has 1 unspecified atom stereocenters. The Morgan fingerprint density at radius 1 is 0.605 bits per heavy atom. The summed E-state index contributed by atoms with van der Waals surface area (Å²) >= 11 is 0.868. The first kappa shape index (κ1) is 59.7. The summed E-state index contributed by atoms with van der Waals surface area (Å²) in [6.07, 6.45) is -8.12. The fraction of sp³-hybridized carbons (Fsp3) is 0.259. The molecule has 86 heavy (non-hydrogen) atoms. The van der Waals surface area contributed by atoms with Gasteiger partial charge in [0.05, 0.1) is 35.7 Å². The number of nitro benzene ring substituents is 2. The van der Waals surface area contributed by atoms with Crippen LogP contribution in [0.4, 0.5) is 31.8 Å². The molecule has 7 heterocycles. The topological polar surface area (TPSA) is 304 Å². The molecule has 26 nitrogen and oxygen atoms in total. The van der Waals surface area contributed by atoms with Crippen LogP contribution in [0.15, 0.2) is 160 Å². The van der Waals surface area contributed by atoms with Crippen LogP contribution in [0.1, 0.15) is 44.3 Å². The molecule has 10 atom stereocenters. The second-order valence-corrected chi connectivity index (χ2v) is 27.2. The van der Waals surface area contributed by atoms with Crippen molar-refractivity contribution in [2.24, 2.45) is 0 Å².